The Morgan fingerprint density at radius 3 is 2.43 bits per heavy atom. The van der Waals surface area contributed by atoms with Crippen LogP contribution in [0.2, 0.25) is 0 Å². The summed E-state index contributed by atoms with van der Waals surface area (Å²) in [7, 11) is 0. The van der Waals surface area contributed by atoms with Crippen molar-refractivity contribution in [2.75, 3.05) is 13.2 Å². The Morgan fingerprint density at radius 2 is 1.79 bits per heavy atom. The topological polar surface area (TPSA) is 84.8 Å². The van der Waals surface area contributed by atoms with Gasteiger partial charge in [0.15, 0.2) is 0 Å². The molecule has 4 rings (SSSR count). The van der Waals surface area contributed by atoms with Crippen LogP contribution in [0, 0.1) is 19.8 Å². The smallest absolute Gasteiger partial charge is 0.242 e. The van der Waals surface area contributed by atoms with Gasteiger partial charge in [0.25, 0.3) is 0 Å². The molecule has 2 heterocycles. The SMILES string of the molecule is Cc1cc(C)c(C2NNC3C(=O)N(CCO)C(c4ccc(Br)cc4)C32)c(O)c1. The first-order valence-electron chi connectivity index (χ1n) is 9.40. The number of hydrogen-bond donors (Lipinski definition) is 4. The number of β-amino-alcohol motifs (C(OH)–C–C–N with tert-alkyl or cyclic N) is 1. The van der Waals surface area contributed by atoms with Crippen molar-refractivity contribution in [3.63, 3.8) is 0 Å². The Bertz CT molecular complexity index is 879. The summed E-state index contributed by atoms with van der Waals surface area (Å²) >= 11 is 3.46. The van der Waals surface area contributed by atoms with Gasteiger partial charge in [-0.3, -0.25) is 4.79 Å². The molecule has 0 spiro atoms. The zero-order valence-electron chi connectivity index (χ0n) is 15.8. The van der Waals surface area contributed by atoms with Crippen LogP contribution in [0.4, 0.5) is 0 Å². The summed E-state index contributed by atoms with van der Waals surface area (Å²) < 4.78 is 0.970. The fourth-order valence-electron chi connectivity index (χ4n) is 4.72. The lowest BCUT2D eigenvalue weighted by molar-refractivity contribution is -0.131. The number of nitrogens with zero attached hydrogens (tertiary/aromatic N) is 1. The number of benzene rings is 2. The molecule has 2 fully saturated rings. The van der Waals surface area contributed by atoms with E-state index in [4.69, 9.17) is 0 Å². The summed E-state index contributed by atoms with van der Waals surface area (Å²) in [5.74, 6) is 0.0822. The van der Waals surface area contributed by atoms with E-state index in [1.165, 1.54) is 0 Å². The van der Waals surface area contributed by atoms with Crippen LogP contribution in [0.5, 0.6) is 5.75 Å². The minimum absolute atomic E-state index is 0.0359. The molecular formula is C21H24BrN3O3. The van der Waals surface area contributed by atoms with Crippen molar-refractivity contribution in [1.82, 2.24) is 15.8 Å². The highest BCUT2D eigenvalue weighted by Crippen LogP contribution is 2.49. The molecule has 0 aromatic heterocycles. The maximum absolute atomic E-state index is 13.1. The van der Waals surface area contributed by atoms with Crippen molar-refractivity contribution >= 4 is 21.8 Å². The molecule has 6 nitrogen and oxygen atoms in total. The molecule has 2 aromatic carbocycles. The fourth-order valence-corrected chi connectivity index (χ4v) is 4.99. The van der Waals surface area contributed by atoms with Gasteiger partial charge in [0.05, 0.1) is 18.7 Å². The molecule has 2 saturated heterocycles. The average Bonchev–Trinajstić information content (AvgIpc) is 3.16. The minimum atomic E-state index is -0.412. The van der Waals surface area contributed by atoms with E-state index in [0.717, 1.165) is 26.7 Å². The summed E-state index contributed by atoms with van der Waals surface area (Å²) in [4.78, 5) is 14.8. The van der Waals surface area contributed by atoms with Gasteiger partial charge < -0.3 is 15.1 Å². The maximum Gasteiger partial charge on any atom is 0.242 e. The van der Waals surface area contributed by atoms with Gasteiger partial charge in [-0.15, -0.1) is 0 Å². The van der Waals surface area contributed by atoms with E-state index in [2.05, 4.69) is 26.8 Å². The van der Waals surface area contributed by atoms with Crippen molar-refractivity contribution in [2.45, 2.75) is 32.0 Å². The third kappa shape index (κ3) is 3.12. The van der Waals surface area contributed by atoms with Crippen LogP contribution in [0.3, 0.4) is 0 Å². The number of fused-ring (bicyclic) bond motifs is 1. The number of aliphatic hydroxyl groups is 1. The van der Waals surface area contributed by atoms with Gasteiger partial charge in [-0.25, -0.2) is 10.9 Å². The number of likely N-dealkylation sites (tertiary alicyclic amines) is 1. The highest BCUT2D eigenvalue weighted by molar-refractivity contribution is 9.10. The summed E-state index contributed by atoms with van der Waals surface area (Å²) in [6.45, 7) is 4.12. The number of aliphatic hydroxyl groups excluding tert-OH is 1. The molecular weight excluding hydrogens is 422 g/mol. The van der Waals surface area contributed by atoms with Gasteiger partial charge in [0.1, 0.15) is 11.8 Å². The van der Waals surface area contributed by atoms with Crippen LogP contribution >= 0.6 is 15.9 Å². The van der Waals surface area contributed by atoms with Gasteiger partial charge in [-0.2, -0.15) is 0 Å². The molecule has 4 atom stereocenters. The lowest BCUT2D eigenvalue weighted by Gasteiger charge is -2.31. The number of amides is 1. The molecule has 4 unspecified atom stereocenters. The normalized spacial score (nSPS) is 26.7. The summed E-state index contributed by atoms with van der Waals surface area (Å²) in [5, 5.41) is 20.2. The van der Waals surface area contributed by atoms with E-state index in [0.29, 0.717) is 0 Å². The number of nitrogens with one attached hydrogen (secondary N) is 2. The first-order chi connectivity index (χ1) is 13.4. The number of carbonyl (C=O) groups is 1. The molecule has 0 radical (unpaired) electrons. The van der Waals surface area contributed by atoms with Gasteiger partial charge in [-0.1, -0.05) is 34.1 Å². The number of phenols is 1. The molecule has 2 aliphatic heterocycles. The van der Waals surface area contributed by atoms with Crippen molar-refractivity contribution < 1.29 is 15.0 Å². The lowest BCUT2D eigenvalue weighted by atomic mass is 9.81. The molecule has 0 saturated carbocycles. The second kappa shape index (κ2) is 7.48. The molecule has 0 bridgehead atoms. The molecule has 4 N–H and O–H groups in total. The van der Waals surface area contributed by atoms with E-state index < -0.39 is 6.04 Å². The number of rotatable bonds is 4. The second-order valence-corrected chi connectivity index (χ2v) is 8.50. The highest BCUT2D eigenvalue weighted by atomic mass is 79.9. The Hall–Kier alpha value is -1.93. The van der Waals surface area contributed by atoms with Crippen molar-refractivity contribution in [3.8, 4) is 5.75 Å². The van der Waals surface area contributed by atoms with Crippen molar-refractivity contribution in [2.24, 2.45) is 5.92 Å². The Morgan fingerprint density at radius 1 is 1.11 bits per heavy atom. The molecule has 0 aliphatic carbocycles. The quantitative estimate of drug-likeness (QED) is 0.580. The Kier molecular flexibility index (Phi) is 5.18. The van der Waals surface area contributed by atoms with Crippen LogP contribution < -0.4 is 10.9 Å². The van der Waals surface area contributed by atoms with Crippen LogP contribution in [0.25, 0.3) is 0 Å². The molecule has 148 valence electrons. The van der Waals surface area contributed by atoms with E-state index >= 15 is 0 Å². The first-order valence-corrected chi connectivity index (χ1v) is 10.2. The zero-order chi connectivity index (χ0) is 20.0. The predicted octanol–water partition coefficient (Wildman–Crippen LogP) is 2.48. The Labute approximate surface area is 172 Å². The van der Waals surface area contributed by atoms with Crippen molar-refractivity contribution in [3.05, 3.63) is 63.1 Å². The van der Waals surface area contributed by atoms with E-state index in [1.807, 2.05) is 44.2 Å². The average molecular weight is 446 g/mol. The Balaban J connectivity index is 1.81. The van der Waals surface area contributed by atoms with E-state index in [1.54, 1.807) is 11.0 Å². The molecule has 2 aliphatic rings. The number of carbonyl (C=O) groups excluding carboxylic acids is 1. The standard InChI is InChI=1S/C21H24BrN3O3/c1-11-9-12(2)16(15(27)10-11)18-17-19(24-23-18)21(28)25(7-8-26)20(17)13-3-5-14(22)6-4-13/h3-6,9-10,17-20,23-24,26-27H,7-8H2,1-2H3. The summed E-state index contributed by atoms with van der Waals surface area (Å²) in [5.41, 5.74) is 10.2. The number of aryl methyl sites for hydroxylation is 2. The van der Waals surface area contributed by atoms with Gasteiger partial charge >= 0.3 is 0 Å². The largest absolute Gasteiger partial charge is 0.508 e. The van der Waals surface area contributed by atoms with E-state index in [9.17, 15) is 15.0 Å². The summed E-state index contributed by atoms with van der Waals surface area (Å²) in [6.07, 6.45) is 0. The molecule has 7 heteroatoms. The third-order valence-electron chi connectivity index (χ3n) is 5.79. The number of hydrogen-bond acceptors (Lipinski definition) is 5. The van der Waals surface area contributed by atoms with Crippen LogP contribution in [0.1, 0.15) is 34.3 Å². The number of halogens is 1. The second-order valence-electron chi connectivity index (χ2n) is 7.59. The molecule has 2 aromatic rings. The monoisotopic (exact) mass is 445 g/mol. The first kappa shape index (κ1) is 19.4. The predicted molar refractivity (Wildman–Crippen MR) is 110 cm³/mol. The summed E-state index contributed by atoms with van der Waals surface area (Å²) in [6, 6.07) is 10.9. The number of phenolic OH excluding ortho intramolecular Hbond substituents is 1. The fraction of sp³-hybridized carbons (Fsp3) is 0.381. The maximum atomic E-state index is 13.1. The van der Waals surface area contributed by atoms with Crippen molar-refractivity contribution in [1.29, 1.82) is 0 Å². The third-order valence-corrected chi connectivity index (χ3v) is 6.32. The van der Waals surface area contributed by atoms with Crippen LogP contribution in [-0.4, -0.2) is 40.2 Å². The van der Waals surface area contributed by atoms with Gasteiger partial charge in [0.2, 0.25) is 5.91 Å². The molecule has 28 heavy (non-hydrogen) atoms. The zero-order valence-corrected chi connectivity index (χ0v) is 17.4. The minimum Gasteiger partial charge on any atom is -0.508 e. The van der Waals surface area contributed by atoms with Crippen LogP contribution in [0.15, 0.2) is 40.9 Å². The number of aromatic hydroxyl groups is 1. The lowest BCUT2D eigenvalue weighted by Crippen LogP contribution is -2.42. The van der Waals surface area contributed by atoms with Gasteiger partial charge in [-0.05, 0) is 48.7 Å². The number of hydrazine groups is 1. The highest BCUT2D eigenvalue weighted by Gasteiger charge is 2.55. The molecule has 1 amide bonds. The van der Waals surface area contributed by atoms with Crippen LogP contribution in [-0.2, 0) is 4.79 Å². The van der Waals surface area contributed by atoms with Gasteiger partial charge in [0, 0.05) is 22.5 Å². The van der Waals surface area contributed by atoms with E-state index in [-0.39, 0.29) is 42.8 Å².